The summed E-state index contributed by atoms with van der Waals surface area (Å²) in [6.45, 7) is 1.47. The van der Waals surface area contributed by atoms with Crippen molar-refractivity contribution >= 4 is 0 Å². The first-order valence-electron chi connectivity index (χ1n) is 4.67. The van der Waals surface area contributed by atoms with Crippen molar-refractivity contribution in [3.63, 3.8) is 0 Å². The van der Waals surface area contributed by atoms with Crippen LogP contribution in [0.4, 0.5) is 0 Å². The second-order valence-corrected chi connectivity index (χ2v) is 3.51. The minimum atomic E-state index is 0.559. The number of rotatable bonds is 5. The number of hydrogen-bond donors (Lipinski definition) is 1. The van der Waals surface area contributed by atoms with E-state index in [0.717, 1.165) is 18.3 Å². The van der Waals surface area contributed by atoms with Crippen molar-refractivity contribution in [3.8, 4) is 0 Å². The van der Waals surface area contributed by atoms with Gasteiger partial charge in [-0.1, -0.05) is 0 Å². The predicted molar refractivity (Wildman–Crippen MR) is 49.3 cm³/mol. The van der Waals surface area contributed by atoms with Crippen molar-refractivity contribution in [2.75, 3.05) is 7.11 Å². The molecule has 0 amide bonds. The van der Waals surface area contributed by atoms with Crippen LogP contribution in [0.5, 0.6) is 0 Å². The first-order chi connectivity index (χ1) is 6.38. The Labute approximate surface area is 78.1 Å². The third kappa shape index (κ3) is 2.57. The summed E-state index contributed by atoms with van der Waals surface area (Å²) in [5, 5.41) is 3.43. The number of hydrogen-bond acceptors (Lipinski definition) is 3. The number of furan rings is 1. The van der Waals surface area contributed by atoms with Crippen LogP contribution >= 0.6 is 0 Å². The summed E-state index contributed by atoms with van der Waals surface area (Å²) in [7, 11) is 1.67. The van der Waals surface area contributed by atoms with Crippen LogP contribution in [-0.2, 0) is 17.9 Å². The number of ether oxygens (including phenoxy) is 1. The first kappa shape index (κ1) is 8.78. The van der Waals surface area contributed by atoms with Gasteiger partial charge in [0.15, 0.2) is 0 Å². The Morgan fingerprint density at radius 3 is 3.15 bits per heavy atom. The summed E-state index contributed by atoms with van der Waals surface area (Å²) in [5.41, 5.74) is 1.21. The topological polar surface area (TPSA) is 34.4 Å². The van der Waals surface area contributed by atoms with E-state index in [1.165, 1.54) is 18.4 Å². The van der Waals surface area contributed by atoms with Gasteiger partial charge in [0.1, 0.15) is 12.4 Å². The van der Waals surface area contributed by atoms with Crippen LogP contribution in [0.25, 0.3) is 0 Å². The molecule has 0 aliphatic heterocycles. The summed E-state index contributed by atoms with van der Waals surface area (Å²) in [5.74, 6) is 0.898. The normalized spacial score (nSPS) is 16.4. The van der Waals surface area contributed by atoms with E-state index in [9.17, 15) is 0 Å². The molecule has 1 aliphatic carbocycles. The second kappa shape index (κ2) is 3.94. The minimum Gasteiger partial charge on any atom is -0.467 e. The van der Waals surface area contributed by atoms with Gasteiger partial charge in [0.25, 0.3) is 0 Å². The quantitative estimate of drug-likeness (QED) is 0.750. The molecule has 1 aromatic heterocycles. The van der Waals surface area contributed by atoms with E-state index in [2.05, 4.69) is 5.32 Å². The van der Waals surface area contributed by atoms with Gasteiger partial charge in [-0.15, -0.1) is 0 Å². The first-order valence-corrected chi connectivity index (χ1v) is 4.67. The lowest BCUT2D eigenvalue weighted by atomic mass is 10.3. The van der Waals surface area contributed by atoms with Crippen molar-refractivity contribution in [3.05, 3.63) is 23.7 Å². The molecular weight excluding hydrogens is 166 g/mol. The second-order valence-electron chi connectivity index (χ2n) is 3.51. The Hall–Kier alpha value is -0.800. The van der Waals surface area contributed by atoms with Crippen LogP contribution in [-0.4, -0.2) is 13.2 Å². The van der Waals surface area contributed by atoms with E-state index < -0.39 is 0 Å². The van der Waals surface area contributed by atoms with E-state index in [1.807, 2.05) is 6.07 Å². The molecule has 3 heteroatoms. The molecule has 0 saturated heterocycles. The average molecular weight is 181 g/mol. The van der Waals surface area contributed by atoms with Crippen LogP contribution in [0.1, 0.15) is 24.2 Å². The Bertz CT molecular complexity index is 266. The van der Waals surface area contributed by atoms with Gasteiger partial charge in [-0.25, -0.2) is 0 Å². The van der Waals surface area contributed by atoms with Crippen LogP contribution in [0.15, 0.2) is 16.7 Å². The average Bonchev–Trinajstić information content (AvgIpc) is 2.85. The molecule has 2 rings (SSSR count). The van der Waals surface area contributed by atoms with Gasteiger partial charge >= 0.3 is 0 Å². The van der Waals surface area contributed by atoms with Crippen LogP contribution in [0.2, 0.25) is 0 Å². The Morgan fingerprint density at radius 2 is 2.46 bits per heavy atom. The van der Waals surface area contributed by atoms with Crippen molar-refractivity contribution < 1.29 is 9.15 Å². The van der Waals surface area contributed by atoms with Gasteiger partial charge in [-0.3, -0.25) is 0 Å². The SMILES string of the molecule is COCc1cc(CNC2CC2)co1. The molecule has 1 heterocycles. The van der Waals surface area contributed by atoms with E-state index in [4.69, 9.17) is 9.15 Å². The lowest BCUT2D eigenvalue weighted by Gasteiger charge is -1.96. The molecule has 13 heavy (non-hydrogen) atoms. The third-order valence-electron chi connectivity index (χ3n) is 2.17. The number of methoxy groups -OCH3 is 1. The van der Waals surface area contributed by atoms with E-state index in [0.29, 0.717) is 6.61 Å². The zero-order valence-electron chi connectivity index (χ0n) is 7.88. The monoisotopic (exact) mass is 181 g/mol. The molecule has 72 valence electrons. The summed E-state index contributed by atoms with van der Waals surface area (Å²) in [6, 6.07) is 2.79. The molecule has 0 atom stereocenters. The van der Waals surface area contributed by atoms with Crippen molar-refractivity contribution in [2.45, 2.75) is 32.0 Å². The molecule has 1 aromatic rings. The van der Waals surface area contributed by atoms with Gasteiger partial charge in [-0.2, -0.15) is 0 Å². The summed E-state index contributed by atoms with van der Waals surface area (Å²) < 4.78 is 10.3. The molecule has 0 bridgehead atoms. The minimum absolute atomic E-state index is 0.559. The Kier molecular flexibility index (Phi) is 2.66. The smallest absolute Gasteiger partial charge is 0.129 e. The van der Waals surface area contributed by atoms with Crippen LogP contribution < -0.4 is 5.32 Å². The number of nitrogens with one attached hydrogen (secondary N) is 1. The lowest BCUT2D eigenvalue weighted by molar-refractivity contribution is 0.164. The molecule has 1 N–H and O–H groups in total. The fourth-order valence-corrected chi connectivity index (χ4v) is 1.29. The van der Waals surface area contributed by atoms with Gasteiger partial charge in [-0.05, 0) is 18.9 Å². The summed E-state index contributed by atoms with van der Waals surface area (Å²) in [4.78, 5) is 0. The molecule has 1 saturated carbocycles. The van der Waals surface area contributed by atoms with E-state index >= 15 is 0 Å². The Balaban J connectivity index is 1.81. The molecular formula is C10H15NO2. The van der Waals surface area contributed by atoms with Crippen molar-refractivity contribution in [1.29, 1.82) is 0 Å². The summed E-state index contributed by atoms with van der Waals surface area (Å²) in [6.07, 6.45) is 4.44. The lowest BCUT2D eigenvalue weighted by Crippen LogP contribution is -2.14. The fourth-order valence-electron chi connectivity index (χ4n) is 1.29. The van der Waals surface area contributed by atoms with Crippen molar-refractivity contribution in [1.82, 2.24) is 5.32 Å². The highest BCUT2D eigenvalue weighted by atomic mass is 16.5. The molecule has 1 aliphatic rings. The maximum Gasteiger partial charge on any atom is 0.129 e. The van der Waals surface area contributed by atoms with Crippen LogP contribution in [0.3, 0.4) is 0 Å². The van der Waals surface area contributed by atoms with E-state index in [1.54, 1.807) is 13.4 Å². The van der Waals surface area contributed by atoms with E-state index in [-0.39, 0.29) is 0 Å². The molecule has 0 spiro atoms. The molecule has 0 aromatic carbocycles. The van der Waals surface area contributed by atoms with Gasteiger partial charge in [0.05, 0.1) is 6.26 Å². The highest BCUT2D eigenvalue weighted by Gasteiger charge is 2.20. The predicted octanol–water partition coefficient (Wildman–Crippen LogP) is 1.68. The molecule has 1 fully saturated rings. The third-order valence-corrected chi connectivity index (χ3v) is 2.17. The van der Waals surface area contributed by atoms with Crippen molar-refractivity contribution in [2.24, 2.45) is 0 Å². The van der Waals surface area contributed by atoms with Gasteiger partial charge in [0.2, 0.25) is 0 Å². The highest BCUT2D eigenvalue weighted by molar-refractivity contribution is 5.12. The molecule has 3 nitrogen and oxygen atoms in total. The summed E-state index contributed by atoms with van der Waals surface area (Å²) >= 11 is 0. The fraction of sp³-hybridized carbons (Fsp3) is 0.600. The zero-order chi connectivity index (χ0) is 9.10. The van der Waals surface area contributed by atoms with Gasteiger partial charge in [0, 0.05) is 25.3 Å². The Morgan fingerprint density at radius 1 is 1.62 bits per heavy atom. The maximum atomic E-state index is 5.29. The van der Waals surface area contributed by atoms with Gasteiger partial charge < -0.3 is 14.5 Å². The standard InChI is InChI=1S/C10H15NO2/c1-12-7-10-4-8(6-13-10)5-11-9-2-3-9/h4,6,9,11H,2-3,5,7H2,1H3. The largest absolute Gasteiger partial charge is 0.467 e. The maximum absolute atomic E-state index is 5.29. The highest BCUT2D eigenvalue weighted by Crippen LogP contribution is 2.19. The van der Waals surface area contributed by atoms with Crippen LogP contribution in [0, 0.1) is 0 Å². The zero-order valence-corrected chi connectivity index (χ0v) is 7.88. The molecule has 0 radical (unpaired) electrons. The molecule has 0 unspecified atom stereocenters.